The largest absolute Gasteiger partial charge is 0.341 e. The van der Waals surface area contributed by atoms with Gasteiger partial charge in [0.15, 0.2) is 0 Å². The van der Waals surface area contributed by atoms with Crippen LogP contribution in [0.25, 0.3) is 0 Å². The van der Waals surface area contributed by atoms with Crippen molar-refractivity contribution in [2.75, 3.05) is 35.4 Å². The van der Waals surface area contributed by atoms with Crippen LogP contribution in [0.2, 0.25) is 0 Å². The van der Waals surface area contributed by atoms with E-state index >= 15 is 0 Å². The summed E-state index contributed by atoms with van der Waals surface area (Å²) in [5, 5.41) is 0. The van der Waals surface area contributed by atoms with E-state index in [1.807, 2.05) is 11.9 Å². The van der Waals surface area contributed by atoms with Crippen LogP contribution in [-0.2, 0) is 0 Å². The zero-order valence-electron chi connectivity index (χ0n) is 11.2. The van der Waals surface area contributed by atoms with Gasteiger partial charge in [-0.1, -0.05) is 0 Å². The summed E-state index contributed by atoms with van der Waals surface area (Å²) in [5.74, 6) is 7.19. The Labute approximate surface area is 107 Å². The molecule has 0 amide bonds. The highest BCUT2D eigenvalue weighted by molar-refractivity contribution is 5.45. The first-order chi connectivity index (χ1) is 8.61. The summed E-state index contributed by atoms with van der Waals surface area (Å²) in [6.07, 6.45) is 2.37. The van der Waals surface area contributed by atoms with E-state index < -0.39 is 0 Å². The smallest absolute Gasteiger partial charge is 0.243 e. The topological polar surface area (TPSA) is 83.2 Å². The fourth-order valence-electron chi connectivity index (χ4n) is 1.87. The number of nitrogens with two attached hydrogens (primary N) is 1. The highest BCUT2D eigenvalue weighted by Gasteiger charge is 2.19. The standard InChI is InChI=1S/C11H21N7/c1-8(2)17(3)10-13-9(16-12)14-11(15-10)18-6-4-5-7-18/h8H,4-7,12H2,1-3H3,(H,13,14,15,16). The molecule has 2 rings (SSSR count). The summed E-state index contributed by atoms with van der Waals surface area (Å²) in [6, 6.07) is 0.324. The van der Waals surface area contributed by atoms with E-state index in [0.29, 0.717) is 23.9 Å². The van der Waals surface area contributed by atoms with Crippen LogP contribution in [0.3, 0.4) is 0 Å². The van der Waals surface area contributed by atoms with Crippen molar-refractivity contribution >= 4 is 17.8 Å². The number of hydrogen-bond acceptors (Lipinski definition) is 7. The van der Waals surface area contributed by atoms with Crippen molar-refractivity contribution in [2.24, 2.45) is 5.84 Å². The van der Waals surface area contributed by atoms with Gasteiger partial charge in [0.1, 0.15) is 0 Å². The Kier molecular flexibility index (Phi) is 3.81. The fourth-order valence-corrected chi connectivity index (χ4v) is 1.87. The first-order valence-electron chi connectivity index (χ1n) is 6.32. The molecule has 0 saturated carbocycles. The summed E-state index contributed by atoms with van der Waals surface area (Å²) < 4.78 is 0. The lowest BCUT2D eigenvalue weighted by molar-refractivity contribution is 0.722. The van der Waals surface area contributed by atoms with Gasteiger partial charge in [-0.3, -0.25) is 5.43 Å². The van der Waals surface area contributed by atoms with Gasteiger partial charge in [0, 0.05) is 26.2 Å². The number of hydrogen-bond donors (Lipinski definition) is 2. The average Bonchev–Trinajstić information content (AvgIpc) is 2.91. The molecular formula is C11H21N7. The van der Waals surface area contributed by atoms with E-state index in [0.717, 1.165) is 13.1 Å². The number of anilines is 3. The molecule has 0 aromatic carbocycles. The Morgan fingerprint density at radius 3 is 2.44 bits per heavy atom. The molecule has 3 N–H and O–H groups in total. The van der Waals surface area contributed by atoms with Crippen LogP contribution in [-0.4, -0.2) is 41.1 Å². The van der Waals surface area contributed by atoms with Gasteiger partial charge in [-0.15, -0.1) is 0 Å². The van der Waals surface area contributed by atoms with Gasteiger partial charge in [0.2, 0.25) is 17.8 Å². The van der Waals surface area contributed by atoms with E-state index in [9.17, 15) is 0 Å². The highest BCUT2D eigenvalue weighted by atomic mass is 15.4. The minimum absolute atomic E-state index is 0.324. The SMILES string of the molecule is CC(C)N(C)c1nc(NN)nc(N2CCCC2)n1. The van der Waals surface area contributed by atoms with Gasteiger partial charge >= 0.3 is 0 Å². The van der Waals surface area contributed by atoms with Crippen molar-refractivity contribution in [3.05, 3.63) is 0 Å². The van der Waals surface area contributed by atoms with Crippen LogP contribution >= 0.6 is 0 Å². The highest BCUT2D eigenvalue weighted by Crippen LogP contribution is 2.20. The van der Waals surface area contributed by atoms with Gasteiger partial charge in [0.05, 0.1) is 0 Å². The molecule has 0 unspecified atom stereocenters. The zero-order valence-corrected chi connectivity index (χ0v) is 11.2. The maximum atomic E-state index is 5.42. The summed E-state index contributed by atoms with van der Waals surface area (Å²) >= 11 is 0. The first-order valence-corrected chi connectivity index (χ1v) is 6.32. The van der Waals surface area contributed by atoms with Crippen molar-refractivity contribution in [1.82, 2.24) is 15.0 Å². The zero-order chi connectivity index (χ0) is 13.1. The fraction of sp³-hybridized carbons (Fsp3) is 0.727. The van der Waals surface area contributed by atoms with Crippen LogP contribution in [0.4, 0.5) is 17.8 Å². The van der Waals surface area contributed by atoms with Crippen LogP contribution in [0.1, 0.15) is 26.7 Å². The van der Waals surface area contributed by atoms with Gasteiger partial charge in [-0.25, -0.2) is 5.84 Å². The maximum absolute atomic E-state index is 5.42. The summed E-state index contributed by atoms with van der Waals surface area (Å²) in [4.78, 5) is 17.3. The van der Waals surface area contributed by atoms with Crippen molar-refractivity contribution < 1.29 is 0 Å². The molecule has 1 aliphatic heterocycles. The van der Waals surface area contributed by atoms with Crippen molar-refractivity contribution in [3.8, 4) is 0 Å². The normalized spacial score (nSPS) is 15.3. The Balaban J connectivity index is 2.32. The second kappa shape index (κ2) is 5.34. The minimum Gasteiger partial charge on any atom is -0.341 e. The van der Waals surface area contributed by atoms with Gasteiger partial charge in [-0.05, 0) is 26.7 Å². The molecule has 0 radical (unpaired) electrons. The Morgan fingerprint density at radius 1 is 1.22 bits per heavy atom. The number of nitrogens with zero attached hydrogens (tertiary/aromatic N) is 5. The first kappa shape index (κ1) is 12.8. The van der Waals surface area contributed by atoms with Crippen molar-refractivity contribution in [1.29, 1.82) is 0 Å². The number of nitrogens with one attached hydrogen (secondary N) is 1. The minimum atomic E-state index is 0.324. The summed E-state index contributed by atoms with van der Waals surface area (Å²) in [5.41, 5.74) is 2.51. The molecule has 0 bridgehead atoms. The van der Waals surface area contributed by atoms with Gasteiger partial charge < -0.3 is 9.80 Å². The third-order valence-corrected chi connectivity index (χ3v) is 3.22. The lowest BCUT2D eigenvalue weighted by Gasteiger charge is -2.23. The van der Waals surface area contributed by atoms with E-state index in [2.05, 4.69) is 39.1 Å². The molecule has 1 aliphatic rings. The van der Waals surface area contributed by atoms with E-state index in [1.54, 1.807) is 0 Å². The maximum Gasteiger partial charge on any atom is 0.243 e. The summed E-state index contributed by atoms with van der Waals surface area (Å²) in [6.45, 7) is 6.18. The molecule has 1 fully saturated rings. The van der Waals surface area contributed by atoms with Gasteiger partial charge in [-0.2, -0.15) is 15.0 Å². The van der Waals surface area contributed by atoms with Gasteiger partial charge in [0.25, 0.3) is 0 Å². The lowest BCUT2D eigenvalue weighted by atomic mass is 10.4. The Morgan fingerprint density at radius 2 is 1.89 bits per heavy atom. The molecule has 0 atom stereocenters. The lowest BCUT2D eigenvalue weighted by Crippen LogP contribution is -2.30. The Bertz CT molecular complexity index is 380. The molecule has 0 aliphatic carbocycles. The molecule has 0 spiro atoms. The predicted molar refractivity (Wildman–Crippen MR) is 72.6 cm³/mol. The van der Waals surface area contributed by atoms with Crippen molar-refractivity contribution in [2.45, 2.75) is 32.7 Å². The number of hydrazine groups is 1. The second-order valence-corrected chi connectivity index (χ2v) is 4.80. The third kappa shape index (κ3) is 2.61. The Hall–Kier alpha value is -1.63. The number of rotatable bonds is 4. The van der Waals surface area contributed by atoms with Crippen LogP contribution in [0.15, 0.2) is 0 Å². The van der Waals surface area contributed by atoms with Crippen molar-refractivity contribution in [3.63, 3.8) is 0 Å². The molecule has 1 aromatic heterocycles. The molecular weight excluding hydrogens is 230 g/mol. The third-order valence-electron chi connectivity index (χ3n) is 3.22. The molecule has 7 nitrogen and oxygen atoms in total. The average molecular weight is 251 g/mol. The van der Waals surface area contributed by atoms with E-state index in [4.69, 9.17) is 5.84 Å². The molecule has 1 aromatic rings. The van der Waals surface area contributed by atoms with E-state index in [-0.39, 0.29) is 0 Å². The van der Waals surface area contributed by atoms with Crippen LogP contribution in [0.5, 0.6) is 0 Å². The summed E-state index contributed by atoms with van der Waals surface area (Å²) in [7, 11) is 1.97. The number of nitrogen functional groups attached to an aromatic ring is 1. The van der Waals surface area contributed by atoms with Crippen LogP contribution in [0, 0.1) is 0 Å². The molecule has 18 heavy (non-hydrogen) atoms. The monoisotopic (exact) mass is 251 g/mol. The number of aromatic nitrogens is 3. The predicted octanol–water partition coefficient (Wildman–Crippen LogP) is 0.602. The van der Waals surface area contributed by atoms with E-state index in [1.165, 1.54) is 12.8 Å². The molecule has 7 heteroatoms. The quantitative estimate of drug-likeness (QED) is 0.599. The second-order valence-electron chi connectivity index (χ2n) is 4.80. The molecule has 1 saturated heterocycles. The molecule has 100 valence electrons. The van der Waals surface area contributed by atoms with Crippen LogP contribution < -0.4 is 21.1 Å². The molecule has 2 heterocycles.